The van der Waals surface area contributed by atoms with E-state index in [9.17, 15) is 17.6 Å². The van der Waals surface area contributed by atoms with Crippen LogP contribution in [-0.4, -0.2) is 50.0 Å². The zero-order valence-corrected chi connectivity index (χ0v) is 20.5. The summed E-state index contributed by atoms with van der Waals surface area (Å²) in [6.07, 6.45) is 5.19. The summed E-state index contributed by atoms with van der Waals surface area (Å²) >= 11 is 0. The standard InChI is InChI=1S/C26H28FN3O5S/c27-21-7-1-19(2-8-21)25-16-34-14-13-30(25)26(31)20-3-9-22(10-4-20)29-36(32,33)23-11-5-18(6-12-23)24-15-35-17-28-24/h1-2,5-8,11-12,15,17,20,22,25,29H,3-4,9-10,13-14,16H2. The van der Waals surface area contributed by atoms with Crippen LogP contribution in [0.4, 0.5) is 4.39 Å². The van der Waals surface area contributed by atoms with Crippen molar-refractivity contribution in [2.45, 2.75) is 42.7 Å². The third kappa shape index (κ3) is 5.35. The molecule has 8 nitrogen and oxygen atoms in total. The molecule has 5 rings (SSSR count). The minimum atomic E-state index is -3.69. The molecule has 0 radical (unpaired) electrons. The highest BCUT2D eigenvalue weighted by molar-refractivity contribution is 7.89. The monoisotopic (exact) mass is 513 g/mol. The van der Waals surface area contributed by atoms with Crippen LogP contribution in [0.3, 0.4) is 0 Å². The second kappa shape index (κ2) is 10.5. The molecule has 1 N–H and O–H groups in total. The van der Waals surface area contributed by atoms with Gasteiger partial charge in [-0.25, -0.2) is 22.5 Å². The van der Waals surface area contributed by atoms with Crippen LogP contribution < -0.4 is 4.72 Å². The van der Waals surface area contributed by atoms with Crippen molar-refractivity contribution in [3.63, 3.8) is 0 Å². The van der Waals surface area contributed by atoms with Gasteiger partial charge in [-0.3, -0.25) is 4.79 Å². The Hall–Kier alpha value is -3.08. The zero-order valence-electron chi connectivity index (χ0n) is 19.7. The highest BCUT2D eigenvalue weighted by Gasteiger charge is 2.35. The van der Waals surface area contributed by atoms with Gasteiger partial charge in [-0.05, 0) is 55.5 Å². The Kier molecular flexibility index (Phi) is 7.17. The summed E-state index contributed by atoms with van der Waals surface area (Å²) in [5.74, 6) is -0.439. The summed E-state index contributed by atoms with van der Waals surface area (Å²) in [5, 5.41) is 0. The molecule has 2 fully saturated rings. The number of halogens is 1. The number of benzene rings is 2. The van der Waals surface area contributed by atoms with Crippen LogP contribution in [0.2, 0.25) is 0 Å². The molecule has 0 bridgehead atoms. The summed E-state index contributed by atoms with van der Waals surface area (Å²) in [5.41, 5.74) is 2.25. The van der Waals surface area contributed by atoms with Gasteiger partial charge in [0.25, 0.3) is 0 Å². The van der Waals surface area contributed by atoms with Crippen molar-refractivity contribution in [1.29, 1.82) is 0 Å². The number of rotatable bonds is 6. The number of oxazole rings is 1. The first-order valence-electron chi connectivity index (χ1n) is 12.1. The fraction of sp³-hybridized carbons (Fsp3) is 0.385. The van der Waals surface area contributed by atoms with Crippen LogP contribution in [0, 0.1) is 11.7 Å². The molecule has 1 amide bonds. The SMILES string of the molecule is O=C(C1CCC(NS(=O)(=O)c2ccc(-c3cocn3)cc2)CC1)N1CCOCC1c1ccc(F)cc1. The second-order valence-corrected chi connectivity index (χ2v) is 11.0. The first-order valence-corrected chi connectivity index (χ1v) is 13.5. The number of ether oxygens (including phenoxy) is 1. The van der Waals surface area contributed by atoms with Gasteiger partial charge in [0, 0.05) is 24.1 Å². The first-order chi connectivity index (χ1) is 17.4. The van der Waals surface area contributed by atoms with Gasteiger partial charge in [0.1, 0.15) is 17.8 Å². The molecule has 190 valence electrons. The minimum absolute atomic E-state index is 0.0531. The van der Waals surface area contributed by atoms with Crippen molar-refractivity contribution in [3.05, 3.63) is 72.6 Å². The van der Waals surface area contributed by atoms with Crippen molar-refractivity contribution in [2.24, 2.45) is 5.92 Å². The second-order valence-electron chi connectivity index (χ2n) is 9.24. The van der Waals surface area contributed by atoms with Gasteiger partial charge in [-0.1, -0.05) is 24.3 Å². The van der Waals surface area contributed by atoms with Crippen molar-refractivity contribution >= 4 is 15.9 Å². The minimum Gasteiger partial charge on any atom is -0.451 e. The van der Waals surface area contributed by atoms with E-state index in [2.05, 4.69) is 9.71 Å². The molecule has 2 heterocycles. The predicted molar refractivity (Wildman–Crippen MR) is 130 cm³/mol. The molecule has 36 heavy (non-hydrogen) atoms. The fourth-order valence-electron chi connectivity index (χ4n) is 4.97. The van der Waals surface area contributed by atoms with Crippen LogP contribution in [0.1, 0.15) is 37.3 Å². The molecule has 1 aliphatic carbocycles. The number of carbonyl (C=O) groups is 1. The molecule has 3 aromatic rings. The summed E-state index contributed by atoms with van der Waals surface area (Å²) in [7, 11) is -3.69. The summed E-state index contributed by atoms with van der Waals surface area (Å²) in [6, 6.07) is 12.2. The number of aromatic nitrogens is 1. The number of sulfonamides is 1. The van der Waals surface area contributed by atoms with E-state index in [1.54, 1.807) is 36.4 Å². The van der Waals surface area contributed by atoms with E-state index in [-0.39, 0.29) is 34.6 Å². The van der Waals surface area contributed by atoms with Gasteiger partial charge in [0.05, 0.1) is 24.2 Å². The number of amides is 1. The lowest BCUT2D eigenvalue weighted by molar-refractivity contribution is -0.145. The average Bonchev–Trinajstić information content (AvgIpc) is 3.44. The van der Waals surface area contributed by atoms with Gasteiger partial charge in [-0.2, -0.15) is 0 Å². The smallest absolute Gasteiger partial charge is 0.240 e. The molecule has 1 unspecified atom stereocenters. The maximum Gasteiger partial charge on any atom is 0.240 e. The maximum absolute atomic E-state index is 13.4. The lowest BCUT2D eigenvalue weighted by Crippen LogP contribution is -2.47. The highest BCUT2D eigenvalue weighted by atomic mass is 32.2. The molecular weight excluding hydrogens is 485 g/mol. The normalized spacial score (nSPS) is 22.9. The Labute approximate surface area is 209 Å². The van der Waals surface area contributed by atoms with E-state index in [4.69, 9.17) is 9.15 Å². The van der Waals surface area contributed by atoms with Gasteiger partial charge < -0.3 is 14.1 Å². The van der Waals surface area contributed by atoms with Gasteiger partial charge in [0.15, 0.2) is 6.39 Å². The Morgan fingerprint density at radius 3 is 2.42 bits per heavy atom. The number of hydrogen-bond donors (Lipinski definition) is 1. The molecule has 1 saturated heterocycles. The van der Waals surface area contributed by atoms with E-state index >= 15 is 0 Å². The lowest BCUT2D eigenvalue weighted by Gasteiger charge is -2.39. The Morgan fingerprint density at radius 2 is 1.75 bits per heavy atom. The van der Waals surface area contributed by atoms with E-state index in [1.165, 1.54) is 24.8 Å². The molecule has 1 aromatic heterocycles. The molecule has 1 saturated carbocycles. The molecule has 10 heteroatoms. The zero-order chi connectivity index (χ0) is 25.1. The summed E-state index contributed by atoms with van der Waals surface area (Å²) in [4.78, 5) is 19.5. The Bertz CT molecular complexity index is 1270. The van der Waals surface area contributed by atoms with Crippen molar-refractivity contribution in [2.75, 3.05) is 19.8 Å². The van der Waals surface area contributed by atoms with E-state index < -0.39 is 10.0 Å². The molecule has 2 aromatic carbocycles. The third-order valence-electron chi connectivity index (χ3n) is 6.96. The topological polar surface area (TPSA) is 102 Å². The van der Waals surface area contributed by atoms with Crippen molar-refractivity contribution in [3.8, 4) is 11.3 Å². The van der Waals surface area contributed by atoms with E-state index in [0.29, 0.717) is 51.1 Å². The lowest BCUT2D eigenvalue weighted by atomic mass is 9.85. The number of nitrogens with one attached hydrogen (secondary N) is 1. The average molecular weight is 514 g/mol. The summed E-state index contributed by atoms with van der Waals surface area (Å²) in [6.45, 7) is 1.33. The van der Waals surface area contributed by atoms with Gasteiger partial charge >= 0.3 is 0 Å². The van der Waals surface area contributed by atoms with Crippen LogP contribution in [0.5, 0.6) is 0 Å². The fourth-order valence-corrected chi connectivity index (χ4v) is 6.27. The predicted octanol–water partition coefficient (Wildman–Crippen LogP) is 3.92. The Morgan fingerprint density at radius 1 is 1.03 bits per heavy atom. The number of nitrogens with zero attached hydrogens (tertiary/aromatic N) is 2. The van der Waals surface area contributed by atoms with Crippen LogP contribution >= 0.6 is 0 Å². The van der Waals surface area contributed by atoms with Crippen molar-refractivity contribution < 1.29 is 26.8 Å². The van der Waals surface area contributed by atoms with E-state index in [0.717, 1.165) is 11.1 Å². The molecular formula is C26H28FN3O5S. The Balaban J connectivity index is 1.19. The molecule has 1 atom stereocenters. The maximum atomic E-state index is 13.4. The molecule has 1 aliphatic heterocycles. The number of hydrogen-bond acceptors (Lipinski definition) is 6. The van der Waals surface area contributed by atoms with Crippen LogP contribution in [0.15, 0.2) is 70.5 Å². The quantitative estimate of drug-likeness (QED) is 0.536. The van der Waals surface area contributed by atoms with Crippen LogP contribution in [-0.2, 0) is 19.6 Å². The third-order valence-corrected chi connectivity index (χ3v) is 8.49. The van der Waals surface area contributed by atoms with Gasteiger partial charge in [0.2, 0.25) is 15.9 Å². The van der Waals surface area contributed by atoms with E-state index in [1.807, 2.05) is 4.90 Å². The van der Waals surface area contributed by atoms with Crippen LogP contribution in [0.25, 0.3) is 11.3 Å². The van der Waals surface area contributed by atoms with Crippen molar-refractivity contribution in [1.82, 2.24) is 14.6 Å². The number of carbonyl (C=O) groups excluding carboxylic acids is 1. The largest absolute Gasteiger partial charge is 0.451 e. The first kappa shape index (κ1) is 24.6. The molecule has 0 spiro atoms. The number of morpholine rings is 1. The van der Waals surface area contributed by atoms with Gasteiger partial charge in [-0.15, -0.1) is 0 Å². The highest BCUT2D eigenvalue weighted by Crippen LogP contribution is 2.32. The summed E-state index contributed by atoms with van der Waals surface area (Å²) < 4.78 is 52.6. The molecule has 2 aliphatic rings.